The number of halogens is 2. The van der Waals surface area contributed by atoms with Crippen LogP contribution in [0.3, 0.4) is 0 Å². The van der Waals surface area contributed by atoms with Gasteiger partial charge in [0.2, 0.25) is 0 Å². The van der Waals surface area contributed by atoms with Crippen molar-refractivity contribution in [2.45, 2.75) is 74.6 Å². The summed E-state index contributed by atoms with van der Waals surface area (Å²) >= 11 is 14.4. The van der Waals surface area contributed by atoms with Crippen LogP contribution in [0.4, 0.5) is 0 Å². The van der Waals surface area contributed by atoms with Gasteiger partial charge in [-0.1, -0.05) is 81.1 Å². The number of rotatable bonds is 6. The summed E-state index contributed by atoms with van der Waals surface area (Å²) in [6.45, 7) is 6.84. The Balaban J connectivity index is 1.89. The highest BCUT2D eigenvalue weighted by Gasteiger charge is 2.33. The fourth-order valence-electron chi connectivity index (χ4n) is 4.04. The standard InChI is InChI=1S/C24H31Cl2NOS/c1-24(2,3)29-21-10-5-4-9-20(21)27-22(16-11-13-18(25)14-12-16)23(28)17-7-6-8-19(26)15-17/h6-8,11-15,20-23,27-28H,4-5,9-10H2,1-3H3/t20-,21-,22+,23+/m0/s1. The van der Waals surface area contributed by atoms with E-state index >= 15 is 0 Å². The van der Waals surface area contributed by atoms with Gasteiger partial charge in [0.25, 0.3) is 0 Å². The molecule has 0 spiro atoms. The zero-order chi connectivity index (χ0) is 21.0. The van der Waals surface area contributed by atoms with Gasteiger partial charge in [-0.2, -0.15) is 11.8 Å². The molecule has 0 saturated heterocycles. The summed E-state index contributed by atoms with van der Waals surface area (Å²) in [5, 5.41) is 17.0. The maximum Gasteiger partial charge on any atom is 0.0985 e. The first kappa shape index (κ1) is 23.0. The van der Waals surface area contributed by atoms with Crippen LogP contribution >= 0.6 is 35.0 Å². The summed E-state index contributed by atoms with van der Waals surface area (Å²) in [5.74, 6) is 0. The van der Waals surface area contributed by atoms with Gasteiger partial charge in [-0.15, -0.1) is 0 Å². The molecule has 2 aromatic rings. The molecule has 0 aliphatic heterocycles. The summed E-state index contributed by atoms with van der Waals surface area (Å²) in [4.78, 5) is 0. The predicted molar refractivity (Wildman–Crippen MR) is 127 cm³/mol. The average Bonchev–Trinajstić information content (AvgIpc) is 2.66. The van der Waals surface area contributed by atoms with E-state index in [0.29, 0.717) is 21.3 Å². The van der Waals surface area contributed by atoms with Crippen molar-refractivity contribution in [2.75, 3.05) is 0 Å². The fourth-order valence-corrected chi connectivity index (χ4v) is 5.93. The van der Waals surface area contributed by atoms with Gasteiger partial charge < -0.3 is 10.4 Å². The molecule has 1 saturated carbocycles. The Morgan fingerprint density at radius 1 is 0.966 bits per heavy atom. The Hall–Kier alpha value is -0.710. The second kappa shape index (κ2) is 10.1. The second-order valence-corrected chi connectivity index (χ2v) is 11.8. The van der Waals surface area contributed by atoms with Crippen LogP contribution in [0.5, 0.6) is 0 Å². The van der Waals surface area contributed by atoms with E-state index in [1.54, 1.807) is 0 Å². The van der Waals surface area contributed by atoms with Crippen LogP contribution in [-0.2, 0) is 0 Å². The van der Waals surface area contributed by atoms with E-state index in [4.69, 9.17) is 23.2 Å². The summed E-state index contributed by atoms with van der Waals surface area (Å²) < 4.78 is 0.212. The minimum absolute atomic E-state index is 0.212. The quantitative estimate of drug-likeness (QED) is 0.486. The van der Waals surface area contributed by atoms with Gasteiger partial charge in [-0.05, 0) is 48.2 Å². The lowest BCUT2D eigenvalue weighted by molar-refractivity contribution is 0.117. The molecule has 5 heteroatoms. The van der Waals surface area contributed by atoms with Gasteiger partial charge in [0.05, 0.1) is 12.1 Å². The molecule has 0 bridgehead atoms. The molecule has 1 aliphatic rings. The fraction of sp³-hybridized carbons (Fsp3) is 0.500. The molecule has 0 aromatic heterocycles. The minimum atomic E-state index is -0.697. The molecule has 0 heterocycles. The lowest BCUT2D eigenvalue weighted by Gasteiger charge is -2.39. The van der Waals surface area contributed by atoms with Gasteiger partial charge in [0.1, 0.15) is 0 Å². The van der Waals surface area contributed by atoms with E-state index in [2.05, 4.69) is 26.1 Å². The number of hydrogen-bond acceptors (Lipinski definition) is 3. The van der Waals surface area contributed by atoms with Crippen LogP contribution in [0, 0.1) is 0 Å². The van der Waals surface area contributed by atoms with Crippen molar-refractivity contribution in [1.29, 1.82) is 0 Å². The third-order valence-corrected chi connectivity index (χ3v) is 7.40. The zero-order valence-electron chi connectivity index (χ0n) is 17.4. The molecule has 1 aliphatic carbocycles. The lowest BCUT2D eigenvalue weighted by atomic mass is 9.90. The first-order valence-corrected chi connectivity index (χ1v) is 12.0. The van der Waals surface area contributed by atoms with Gasteiger partial charge in [-0.25, -0.2) is 0 Å². The number of aliphatic hydroxyl groups excluding tert-OH is 1. The van der Waals surface area contributed by atoms with Crippen molar-refractivity contribution < 1.29 is 5.11 Å². The molecule has 158 valence electrons. The zero-order valence-corrected chi connectivity index (χ0v) is 19.7. The predicted octanol–water partition coefficient (Wildman–Crippen LogP) is 7.20. The number of benzene rings is 2. The molecule has 2 N–H and O–H groups in total. The van der Waals surface area contributed by atoms with Crippen LogP contribution in [0.2, 0.25) is 10.0 Å². The molecule has 29 heavy (non-hydrogen) atoms. The number of aliphatic hydroxyl groups is 1. The van der Waals surface area contributed by atoms with Crippen molar-refractivity contribution in [2.24, 2.45) is 0 Å². The van der Waals surface area contributed by atoms with Crippen molar-refractivity contribution in [3.8, 4) is 0 Å². The Bertz CT molecular complexity index is 790. The maximum atomic E-state index is 11.3. The van der Waals surface area contributed by atoms with Gasteiger partial charge in [-0.3, -0.25) is 0 Å². The van der Waals surface area contributed by atoms with E-state index < -0.39 is 6.10 Å². The molecule has 0 amide bonds. The third kappa shape index (κ3) is 6.63. The SMILES string of the molecule is CC(C)(C)S[C@H]1CCCC[C@@H]1N[C@H](c1ccc(Cl)cc1)[C@H](O)c1cccc(Cl)c1. The Kier molecular flexibility index (Phi) is 7.97. The summed E-state index contributed by atoms with van der Waals surface area (Å²) in [6, 6.07) is 15.4. The van der Waals surface area contributed by atoms with Crippen molar-refractivity contribution in [3.05, 3.63) is 69.7 Å². The first-order chi connectivity index (χ1) is 13.7. The molecule has 3 rings (SSSR count). The van der Waals surface area contributed by atoms with E-state index in [0.717, 1.165) is 17.5 Å². The maximum absolute atomic E-state index is 11.3. The van der Waals surface area contributed by atoms with Gasteiger partial charge >= 0.3 is 0 Å². The highest BCUT2D eigenvalue weighted by atomic mass is 35.5. The van der Waals surface area contributed by atoms with Crippen molar-refractivity contribution >= 4 is 35.0 Å². The molecular weight excluding hydrogens is 421 g/mol. The van der Waals surface area contributed by atoms with Crippen LogP contribution in [0.25, 0.3) is 0 Å². The topological polar surface area (TPSA) is 32.3 Å². The lowest BCUT2D eigenvalue weighted by Crippen LogP contribution is -2.45. The van der Waals surface area contributed by atoms with Crippen LogP contribution in [0.1, 0.15) is 69.7 Å². The average molecular weight is 452 g/mol. The van der Waals surface area contributed by atoms with E-state index in [9.17, 15) is 5.11 Å². The molecule has 0 unspecified atom stereocenters. The summed E-state index contributed by atoms with van der Waals surface area (Å²) in [6.07, 6.45) is 4.13. The number of thioether (sulfide) groups is 1. The Morgan fingerprint density at radius 3 is 2.31 bits per heavy atom. The van der Waals surface area contributed by atoms with E-state index in [-0.39, 0.29) is 10.8 Å². The Morgan fingerprint density at radius 2 is 1.66 bits per heavy atom. The molecule has 4 atom stereocenters. The van der Waals surface area contributed by atoms with Gasteiger partial charge in [0, 0.05) is 26.1 Å². The summed E-state index contributed by atoms with van der Waals surface area (Å²) in [5.41, 5.74) is 1.85. The Labute approximate surface area is 189 Å². The number of hydrogen-bond donors (Lipinski definition) is 2. The van der Waals surface area contributed by atoms with Crippen LogP contribution in [-0.4, -0.2) is 21.1 Å². The normalized spacial score (nSPS) is 22.3. The molecule has 1 fully saturated rings. The van der Waals surface area contributed by atoms with Crippen LogP contribution < -0.4 is 5.32 Å². The van der Waals surface area contributed by atoms with Gasteiger partial charge in [0.15, 0.2) is 0 Å². The first-order valence-electron chi connectivity index (χ1n) is 10.4. The minimum Gasteiger partial charge on any atom is -0.386 e. The monoisotopic (exact) mass is 451 g/mol. The summed E-state index contributed by atoms with van der Waals surface area (Å²) in [7, 11) is 0. The highest BCUT2D eigenvalue weighted by Crippen LogP contribution is 2.39. The molecule has 0 radical (unpaired) electrons. The van der Waals surface area contributed by atoms with E-state index in [1.807, 2.05) is 60.3 Å². The van der Waals surface area contributed by atoms with Crippen molar-refractivity contribution in [1.82, 2.24) is 5.32 Å². The van der Waals surface area contributed by atoms with Crippen molar-refractivity contribution in [3.63, 3.8) is 0 Å². The van der Waals surface area contributed by atoms with Crippen LogP contribution in [0.15, 0.2) is 48.5 Å². The highest BCUT2D eigenvalue weighted by molar-refractivity contribution is 8.01. The largest absolute Gasteiger partial charge is 0.386 e. The second-order valence-electron chi connectivity index (χ2n) is 8.86. The number of nitrogens with one attached hydrogen (secondary N) is 1. The molecule has 2 nitrogen and oxygen atoms in total. The molecular formula is C24H31Cl2NOS. The molecule has 2 aromatic carbocycles. The smallest absolute Gasteiger partial charge is 0.0985 e. The third-order valence-electron chi connectivity index (χ3n) is 5.34. The van der Waals surface area contributed by atoms with E-state index in [1.165, 1.54) is 19.3 Å².